The second-order valence-electron chi connectivity index (χ2n) is 4.85. The molecular formula is C15H31. The molecule has 1 radical (unpaired) electrons. The molecule has 0 aliphatic heterocycles. The first-order valence-electron chi connectivity index (χ1n) is 7.14. The van der Waals surface area contributed by atoms with Crippen LogP contribution in [0, 0.1) is 12.8 Å². The lowest BCUT2D eigenvalue weighted by Gasteiger charge is -2.12. The maximum atomic E-state index is 4.04. The molecule has 0 aromatic rings. The summed E-state index contributed by atoms with van der Waals surface area (Å²) in [5, 5.41) is 0. The van der Waals surface area contributed by atoms with Gasteiger partial charge in [0.15, 0.2) is 0 Å². The van der Waals surface area contributed by atoms with E-state index >= 15 is 0 Å². The largest absolute Gasteiger partial charge is 0.0654 e. The first kappa shape index (κ1) is 15.0. The molecule has 0 heteroatoms. The van der Waals surface area contributed by atoms with Crippen LogP contribution in [0.15, 0.2) is 0 Å². The average molecular weight is 211 g/mol. The molecule has 0 aromatic heterocycles. The van der Waals surface area contributed by atoms with E-state index in [2.05, 4.69) is 20.8 Å². The monoisotopic (exact) mass is 211 g/mol. The maximum absolute atomic E-state index is 4.04. The van der Waals surface area contributed by atoms with Crippen molar-refractivity contribution >= 4 is 0 Å². The molecule has 0 bridgehead atoms. The van der Waals surface area contributed by atoms with Gasteiger partial charge in [-0.25, -0.2) is 0 Å². The highest BCUT2D eigenvalue weighted by Crippen LogP contribution is 2.19. The quantitative estimate of drug-likeness (QED) is 0.381. The Bertz CT molecular complexity index is 107. The Labute approximate surface area is 97.8 Å². The first-order chi connectivity index (χ1) is 7.35. The van der Waals surface area contributed by atoms with Gasteiger partial charge in [0.05, 0.1) is 0 Å². The number of rotatable bonds is 11. The van der Waals surface area contributed by atoms with Crippen molar-refractivity contribution in [2.24, 2.45) is 5.92 Å². The lowest BCUT2D eigenvalue weighted by atomic mass is 9.94. The Morgan fingerprint density at radius 2 is 1.33 bits per heavy atom. The van der Waals surface area contributed by atoms with E-state index in [1.165, 1.54) is 64.2 Å². The Morgan fingerprint density at radius 3 is 1.87 bits per heavy atom. The van der Waals surface area contributed by atoms with Crippen LogP contribution >= 0.6 is 0 Å². The third kappa shape index (κ3) is 10.3. The highest BCUT2D eigenvalue weighted by Gasteiger charge is 2.03. The normalized spacial score (nSPS) is 13.0. The van der Waals surface area contributed by atoms with Crippen molar-refractivity contribution in [2.75, 3.05) is 0 Å². The SMILES string of the molecule is [CH2]CC(CCC)CCCCCCCCC. The average Bonchev–Trinajstić information content (AvgIpc) is 2.26. The summed E-state index contributed by atoms with van der Waals surface area (Å²) in [4.78, 5) is 0. The molecule has 0 rings (SSSR count). The van der Waals surface area contributed by atoms with Gasteiger partial charge in [0.1, 0.15) is 0 Å². The Hall–Kier alpha value is 0. The van der Waals surface area contributed by atoms with E-state index in [4.69, 9.17) is 0 Å². The van der Waals surface area contributed by atoms with Crippen molar-refractivity contribution in [3.05, 3.63) is 6.92 Å². The minimum atomic E-state index is 0.908. The van der Waals surface area contributed by atoms with Crippen LogP contribution in [-0.4, -0.2) is 0 Å². The van der Waals surface area contributed by atoms with E-state index in [9.17, 15) is 0 Å². The van der Waals surface area contributed by atoms with E-state index < -0.39 is 0 Å². The summed E-state index contributed by atoms with van der Waals surface area (Å²) < 4.78 is 0. The molecule has 1 atom stereocenters. The molecule has 1 unspecified atom stereocenters. The summed E-state index contributed by atoms with van der Waals surface area (Å²) in [6.45, 7) is 8.61. The van der Waals surface area contributed by atoms with E-state index in [0.29, 0.717) is 0 Å². The number of hydrogen-bond acceptors (Lipinski definition) is 0. The third-order valence-corrected chi connectivity index (χ3v) is 3.32. The smallest absolute Gasteiger partial charge is 0.0414 e. The molecule has 0 saturated carbocycles. The van der Waals surface area contributed by atoms with E-state index in [1.54, 1.807) is 0 Å². The Kier molecular flexibility index (Phi) is 12.1. The summed E-state index contributed by atoms with van der Waals surface area (Å²) in [5.74, 6) is 0.908. The molecule has 91 valence electrons. The van der Waals surface area contributed by atoms with Crippen molar-refractivity contribution in [2.45, 2.75) is 84.5 Å². The summed E-state index contributed by atoms with van der Waals surface area (Å²) in [5.41, 5.74) is 0. The molecular weight excluding hydrogens is 180 g/mol. The van der Waals surface area contributed by atoms with Crippen LogP contribution < -0.4 is 0 Å². The summed E-state index contributed by atoms with van der Waals surface area (Å²) >= 11 is 0. The molecule has 0 nitrogen and oxygen atoms in total. The predicted molar refractivity (Wildman–Crippen MR) is 71.0 cm³/mol. The van der Waals surface area contributed by atoms with Gasteiger partial charge < -0.3 is 0 Å². The molecule has 0 heterocycles. The van der Waals surface area contributed by atoms with Crippen molar-refractivity contribution in [3.63, 3.8) is 0 Å². The fourth-order valence-electron chi connectivity index (χ4n) is 2.23. The van der Waals surface area contributed by atoms with Crippen molar-refractivity contribution in [1.29, 1.82) is 0 Å². The van der Waals surface area contributed by atoms with Gasteiger partial charge in [0, 0.05) is 0 Å². The van der Waals surface area contributed by atoms with Gasteiger partial charge in [0.2, 0.25) is 0 Å². The van der Waals surface area contributed by atoms with Crippen LogP contribution in [-0.2, 0) is 0 Å². The van der Waals surface area contributed by atoms with Crippen molar-refractivity contribution in [1.82, 2.24) is 0 Å². The summed E-state index contributed by atoms with van der Waals surface area (Å²) in [7, 11) is 0. The first-order valence-corrected chi connectivity index (χ1v) is 7.14. The molecule has 0 spiro atoms. The molecule has 0 amide bonds. The van der Waals surface area contributed by atoms with E-state index in [1.807, 2.05) is 0 Å². The lowest BCUT2D eigenvalue weighted by molar-refractivity contribution is 0.421. The molecule has 0 N–H and O–H groups in total. The fourth-order valence-corrected chi connectivity index (χ4v) is 2.23. The van der Waals surface area contributed by atoms with Crippen LogP contribution in [0.25, 0.3) is 0 Å². The zero-order valence-electron chi connectivity index (χ0n) is 11.1. The van der Waals surface area contributed by atoms with Crippen LogP contribution in [0.4, 0.5) is 0 Å². The van der Waals surface area contributed by atoms with Gasteiger partial charge in [0.25, 0.3) is 0 Å². The van der Waals surface area contributed by atoms with Gasteiger partial charge >= 0.3 is 0 Å². The van der Waals surface area contributed by atoms with Gasteiger partial charge in [-0.2, -0.15) is 0 Å². The lowest BCUT2D eigenvalue weighted by Crippen LogP contribution is -1.98. The number of hydrogen-bond donors (Lipinski definition) is 0. The zero-order valence-corrected chi connectivity index (χ0v) is 11.1. The topological polar surface area (TPSA) is 0 Å². The highest BCUT2D eigenvalue weighted by atomic mass is 14.1. The minimum absolute atomic E-state index is 0.908. The van der Waals surface area contributed by atoms with Gasteiger partial charge in [-0.05, 0) is 5.92 Å². The van der Waals surface area contributed by atoms with Crippen LogP contribution in [0.5, 0.6) is 0 Å². The van der Waals surface area contributed by atoms with Gasteiger partial charge in [-0.1, -0.05) is 91.4 Å². The molecule has 0 aromatic carbocycles. The standard InChI is InChI=1S/C15H31/c1-4-7-8-9-10-11-12-14-15(6-3)13-5-2/h15H,3-14H2,1-2H3. The van der Waals surface area contributed by atoms with E-state index in [0.717, 1.165) is 12.3 Å². The van der Waals surface area contributed by atoms with Gasteiger partial charge in [-0.15, -0.1) is 0 Å². The van der Waals surface area contributed by atoms with Crippen LogP contribution in [0.2, 0.25) is 0 Å². The Morgan fingerprint density at radius 1 is 0.733 bits per heavy atom. The van der Waals surface area contributed by atoms with Gasteiger partial charge in [-0.3, -0.25) is 0 Å². The summed E-state index contributed by atoms with van der Waals surface area (Å²) in [6.07, 6.45) is 15.3. The van der Waals surface area contributed by atoms with E-state index in [-0.39, 0.29) is 0 Å². The van der Waals surface area contributed by atoms with Crippen molar-refractivity contribution in [3.8, 4) is 0 Å². The summed E-state index contributed by atoms with van der Waals surface area (Å²) in [6, 6.07) is 0. The second-order valence-corrected chi connectivity index (χ2v) is 4.85. The van der Waals surface area contributed by atoms with Crippen molar-refractivity contribution < 1.29 is 0 Å². The Balaban J connectivity index is 3.14. The van der Waals surface area contributed by atoms with Crippen LogP contribution in [0.3, 0.4) is 0 Å². The third-order valence-electron chi connectivity index (χ3n) is 3.32. The maximum Gasteiger partial charge on any atom is -0.0414 e. The zero-order chi connectivity index (χ0) is 11.4. The number of unbranched alkanes of at least 4 members (excludes halogenated alkanes) is 6. The highest BCUT2D eigenvalue weighted by molar-refractivity contribution is 4.60. The minimum Gasteiger partial charge on any atom is -0.0654 e. The molecule has 0 aliphatic carbocycles. The van der Waals surface area contributed by atoms with Crippen LogP contribution in [0.1, 0.15) is 84.5 Å². The second kappa shape index (κ2) is 12.1. The molecule has 0 saturated heterocycles. The molecule has 15 heavy (non-hydrogen) atoms. The molecule has 0 fully saturated rings. The predicted octanol–water partition coefficient (Wildman–Crippen LogP) is 5.77. The fraction of sp³-hybridized carbons (Fsp3) is 0.933. The molecule has 0 aliphatic rings.